The SMILES string of the molecule is COc1cc(CN2CCCC(CO)(Cc3ccc(F)cc3)C2)cc2c1OCO2. The second-order valence-corrected chi connectivity index (χ2v) is 7.81. The molecule has 0 saturated carbocycles. The number of rotatable bonds is 6. The number of hydrogen-bond acceptors (Lipinski definition) is 5. The lowest BCUT2D eigenvalue weighted by molar-refractivity contribution is 0.0288. The Hall–Kier alpha value is -2.31. The summed E-state index contributed by atoms with van der Waals surface area (Å²) in [5, 5.41) is 10.2. The summed E-state index contributed by atoms with van der Waals surface area (Å²) in [7, 11) is 1.63. The van der Waals surface area contributed by atoms with Gasteiger partial charge in [-0.15, -0.1) is 0 Å². The Morgan fingerprint density at radius 3 is 2.75 bits per heavy atom. The molecule has 2 aromatic rings. The van der Waals surface area contributed by atoms with Crippen LogP contribution in [0.1, 0.15) is 24.0 Å². The summed E-state index contributed by atoms with van der Waals surface area (Å²) in [6.45, 7) is 2.84. The third kappa shape index (κ3) is 3.93. The van der Waals surface area contributed by atoms with E-state index in [0.29, 0.717) is 17.2 Å². The molecule has 0 spiro atoms. The number of methoxy groups -OCH3 is 1. The number of aliphatic hydroxyl groups excluding tert-OH is 1. The lowest BCUT2D eigenvalue weighted by atomic mass is 9.75. The molecule has 1 N–H and O–H groups in total. The molecule has 0 aromatic heterocycles. The van der Waals surface area contributed by atoms with Crippen LogP contribution in [0.5, 0.6) is 17.2 Å². The van der Waals surface area contributed by atoms with E-state index in [2.05, 4.69) is 4.90 Å². The zero-order chi connectivity index (χ0) is 19.6. The number of aliphatic hydroxyl groups is 1. The van der Waals surface area contributed by atoms with Crippen molar-refractivity contribution in [2.75, 3.05) is 33.6 Å². The molecule has 2 heterocycles. The first kappa shape index (κ1) is 19.0. The number of fused-ring (bicyclic) bond motifs is 1. The fourth-order valence-electron chi connectivity index (χ4n) is 4.34. The number of ether oxygens (including phenoxy) is 3. The maximum absolute atomic E-state index is 13.2. The predicted octanol–water partition coefficient (Wildman–Crippen LogP) is 3.38. The van der Waals surface area contributed by atoms with Crippen molar-refractivity contribution in [2.24, 2.45) is 5.41 Å². The average Bonchev–Trinajstić information content (AvgIpc) is 3.18. The van der Waals surface area contributed by atoms with Crippen LogP contribution in [0, 0.1) is 11.2 Å². The summed E-state index contributed by atoms with van der Waals surface area (Å²) in [4.78, 5) is 2.36. The molecule has 150 valence electrons. The minimum absolute atomic E-state index is 0.116. The Labute approximate surface area is 164 Å². The normalized spacial score (nSPS) is 21.7. The molecule has 2 aromatic carbocycles. The summed E-state index contributed by atoms with van der Waals surface area (Å²) in [5.41, 5.74) is 1.94. The lowest BCUT2D eigenvalue weighted by Crippen LogP contribution is -2.46. The van der Waals surface area contributed by atoms with Crippen LogP contribution in [0.15, 0.2) is 36.4 Å². The summed E-state index contributed by atoms with van der Waals surface area (Å²) in [5.74, 6) is 1.82. The van der Waals surface area contributed by atoms with Gasteiger partial charge in [-0.3, -0.25) is 4.90 Å². The first-order chi connectivity index (χ1) is 13.6. The Morgan fingerprint density at radius 1 is 1.18 bits per heavy atom. The Morgan fingerprint density at radius 2 is 2.00 bits per heavy atom. The molecule has 1 saturated heterocycles. The Kier molecular flexibility index (Phi) is 5.42. The molecule has 5 nitrogen and oxygen atoms in total. The zero-order valence-corrected chi connectivity index (χ0v) is 16.1. The lowest BCUT2D eigenvalue weighted by Gasteiger charge is -2.42. The summed E-state index contributed by atoms with van der Waals surface area (Å²) >= 11 is 0. The van der Waals surface area contributed by atoms with Crippen LogP contribution in [-0.4, -0.2) is 43.6 Å². The molecular weight excluding hydrogens is 361 g/mol. The van der Waals surface area contributed by atoms with Crippen LogP contribution in [0.25, 0.3) is 0 Å². The van der Waals surface area contributed by atoms with Gasteiger partial charge in [0.2, 0.25) is 12.5 Å². The molecule has 0 aliphatic carbocycles. The van der Waals surface area contributed by atoms with Gasteiger partial charge >= 0.3 is 0 Å². The predicted molar refractivity (Wildman–Crippen MR) is 103 cm³/mol. The maximum Gasteiger partial charge on any atom is 0.231 e. The van der Waals surface area contributed by atoms with Gasteiger partial charge in [0.25, 0.3) is 0 Å². The number of benzene rings is 2. The molecule has 28 heavy (non-hydrogen) atoms. The van der Waals surface area contributed by atoms with Crippen molar-refractivity contribution in [3.63, 3.8) is 0 Å². The number of nitrogens with zero attached hydrogens (tertiary/aromatic N) is 1. The van der Waals surface area contributed by atoms with E-state index in [1.54, 1.807) is 7.11 Å². The first-order valence-electron chi connectivity index (χ1n) is 9.65. The Balaban J connectivity index is 1.49. The number of likely N-dealkylation sites (tertiary alicyclic amines) is 1. The van der Waals surface area contributed by atoms with E-state index in [0.717, 1.165) is 50.0 Å². The van der Waals surface area contributed by atoms with E-state index < -0.39 is 0 Å². The van der Waals surface area contributed by atoms with Gasteiger partial charge in [-0.1, -0.05) is 12.1 Å². The highest BCUT2D eigenvalue weighted by Gasteiger charge is 2.35. The van der Waals surface area contributed by atoms with Crippen molar-refractivity contribution >= 4 is 0 Å². The first-order valence-corrected chi connectivity index (χ1v) is 9.65. The van der Waals surface area contributed by atoms with Gasteiger partial charge in [-0.05, 0) is 61.2 Å². The molecule has 1 unspecified atom stereocenters. The van der Waals surface area contributed by atoms with Crippen molar-refractivity contribution in [2.45, 2.75) is 25.8 Å². The van der Waals surface area contributed by atoms with Crippen LogP contribution in [0.3, 0.4) is 0 Å². The van der Waals surface area contributed by atoms with E-state index >= 15 is 0 Å². The summed E-state index contributed by atoms with van der Waals surface area (Å²) in [6.07, 6.45) is 2.72. The highest BCUT2D eigenvalue weighted by Crippen LogP contribution is 2.42. The van der Waals surface area contributed by atoms with Crippen molar-refractivity contribution in [3.8, 4) is 17.2 Å². The molecule has 1 fully saturated rings. The minimum Gasteiger partial charge on any atom is -0.493 e. The van der Waals surface area contributed by atoms with Gasteiger partial charge in [-0.2, -0.15) is 0 Å². The summed E-state index contributed by atoms with van der Waals surface area (Å²) < 4.78 is 29.7. The summed E-state index contributed by atoms with van der Waals surface area (Å²) in [6, 6.07) is 10.6. The second kappa shape index (κ2) is 7.97. The van der Waals surface area contributed by atoms with Gasteiger partial charge in [-0.25, -0.2) is 4.39 Å². The highest BCUT2D eigenvalue weighted by molar-refractivity contribution is 5.55. The van der Waals surface area contributed by atoms with Crippen LogP contribution in [-0.2, 0) is 13.0 Å². The smallest absolute Gasteiger partial charge is 0.231 e. The molecule has 2 aliphatic heterocycles. The van der Waals surface area contributed by atoms with Gasteiger partial charge in [0.05, 0.1) is 13.7 Å². The third-order valence-corrected chi connectivity index (χ3v) is 5.69. The van der Waals surface area contributed by atoms with Crippen LogP contribution in [0.2, 0.25) is 0 Å². The van der Waals surface area contributed by atoms with Gasteiger partial charge < -0.3 is 19.3 Å². The molecular formula is C22H26FNO4. The van der Waals surface area contributed by atoms with Crippen molar-refractivity contribution in [1.29, 1.82) is 0 Å². The number of piperidine rings is 1. The van der Waals surface area contributed by atoms with Crippen LogP contribution in [0.4, 0.5) is 4.39 Å². The monoisotopic (exact) mass is 387 g/mol. The van der Waals surface area contributed by atoms with Crippen molar-refractivity contribution in [3.05, 3.63) is 53.3 Å². The topological polar surface area (TPSA) is 51.2 Å². The highest BCUT2D eigenvalue weighted by atomic mass is 19.1. The molecule has 4 rings (SSSR count). The van der Waals surface area contributed by atoms with E-state index in [9.17, 15) is 9.50 Å². The fourth-order valence-corrected chi connectivity index (χ4v) is 4.34. The quantitative estimate of drug-likeness (QED) is 0.824. The molecule has 0 radical (unpaired) electrons. The largest absolute Gasteiger partial charge is 0.493 e. The second-order valence-electron chi connectivity index (χ2n) is 7.81. The van der Waals surface area contributed by atoms with E-state index in [4.69, 9.17) is 14.2 Å². The molecule has 2 aliphatic rings. The fraction of sp³-hybridized carbons (Fsp3) is 0.455. The number of hydrogen-bond donors (Lipinski definition) is 1. The zero-order valence-electron chi connectivity index (χ0n) is 16.1. The third-order valence-electron chi connectivity index (χ3n) is 5.69. The van der Waals surface area contributed by atoms with Crippen LogP contribution < -0.4 is 14.2 Å². The van der Waals surface area contributed by atoms with Gasteiger partial charge in [0, 0.05) is 18.5 Å². The standard InChI is InChI=1S/C22H26FNO4/c1-26-19-9-17(10-20-21(19)28-15-27-20)12-24-8-2-7-22(13-24,14-25)11-16-3-5-18(23)6-4-16/h3-6,9-10,25H,2,7-8,11-15H2,1H3. The van der Waals surface area contributed by atoms with Crippen LogP contribution >= 0.6 is 0 Å². The molecule has 6 heteroatoms. The van der Waals surface area contributed by atoms with E-state index in [-0.39, 0.29) is 24.6 Å². The Bertz CT molecular complexity index is 826. The molecule has 0 amide bonds. The average molecular weight is 387 g/mol. The molecule has 1 atom stereocenters. The number of halogens is 1. The maximum atomic E-state index is 13.2. The van der Waals surface area contributed by atoms with E-state index in [1.807, 2.05) is 24.3 Å². The van der Waals surface area contributed by atoms with Crippen molar-refractivity contribution in [1.82, 2.24) is 4.90 Å². The van der Waals surface area contributed by atoms with Gasteiger partial charge in [0.1, 0.15) is 5.82 Å². The molecule has 0 bridgehead atoms. The van der Waals surface area contributed by atoms with Gasteiger partial charge in [0.15, 0.2) is 11.5 Å². The van der Waals surface area contributed by atoms with Crippen molar-refractivity contribution < 1.29 is 23.7 Å². The van der Waals surface area contributed by atoms with E-state index in [1.165, 1.54) is 12.1 Å². The minimum atomic E-state index is -0.233.